The molecule has 0 saturated carbocycles. The van der Waals surface area contributed by atoms with Gasteiger partial charge in [0.05, 0.1) is 13.2 Å². The lowest BCUT2D eigenvalue weighted by Crippen LogP contribution is -2.07. The third-order valence-corrected chi connectivity index (χ3v) is 6.53. The molecule has 4 nitrogen and oxygen atoms in total. The number of unbranched alkanes of at least 4 members (excludes halogenated alkanes) is 18. The predicted octanol–water partition coefficient (Wildman–Crippen LogP) is 10.4. The third kappa shape index (κ3) is 30.5. The lowest BCUT2D eigenvalue weighted by atomic mass is 10.0. The number of hydrogen-bond donors (Lipinski definition) is 0. The predicted molar refractivity (Wildman–Crippen MR) is 160 cm³/mol. The van der Waals surface area contributed by atoms with Crippen molar-refractivity contribution in [2.75, 3.05) is 13.2 Å². The normalized spacial score (nSPS) is 10.4. The fourth-order valence-electron chi connectivity index (χ4n) is 3.88. The number of hydrogen-bond acceptors (Lipinski definition) is 4. The van der Waals surface area contributed by atoms with Crippen molar-refractivity contribution in [2.24, 2.45) is 0 Å². The summed E-state index contributed by atoms with van der Waals surface area (Å²) in [5.74, 6) is -0.491. The maximum atomic E-state index is 11.2. The first kappa shape index (κ1) is 37.6. The van der Waals surface area contributed by atoms with Crippen LogP contribution in [0.2, 0.25) is 0 Å². The molecule has 4 heteroatoms. The maximum Gasteiger partial charge on any atom is 0.333 e. The molecule has 0 heterocycles. The van der Waals surface area contributed by atoms with Crippen molar-refractivity contribution < 1.29 is 19.1 Å². The van der Waals surface area contributed by atoms with E-state index in [2.05, 4.69) is 27.0 Å². The fraction of sp³-hybridized carbons (Fsp3) is 0.818. The van der Waals surface area contributed by atoms with Crippen LogP contribution in [0.1, 0.15) is 163 Å². The van der Waals surface area contributed by atoms with Crippen LogP contribution in [0, 0.1) is 0 Å². The van der Waals surface area contributed by atoms with Crippen LogP contribution in [0.5, 0.6) is 0 Å². The van der Waals surface area contributed by atoms with Crippen LogP contribution in [-0.2, 0) is 19.1 Å². The first-order valence-electron chi connectivity index (χ1n) is 15.6. The van der Waals surface area contributed by atoms with Crippen LogP contribution < -0.4 is 0 Å². The van der Waals surface area contributed by atoms with Crippen LogP contribution >= 0.6 is 0 Å². The molecule has 0 aromatic heterocycles. The van der Waals surface area contributed by atoms with Gasteiger partial charge in [-0.25, -0.2) is 9.59 Å². The average Bonchev–Trinajstić information content (AvgIpc) is 2.89. The van der Waals surface area contributed by atoms with Crippen LogP contribution in [0.3, 0.4) is 0 Å². The van der Waals surface area contributed by atoms with Crippen molar-refractivity contribution in [2.45, 2.75) is 163 Å². The molecule has 0 aliphatic heterocycles. The summed E-state index contributed by atoms with van der Waals surface area (Å²) in [6, 6.07) is 0. The van der Waals surface area contributed by atoms with Crippen molar-refractivity contribution in [3.05, 3.63) is 24.3 Å². The van der Waals surface area contributed by atoms with Crippen molar-refractivity contribution >= 4 is 11.9 Å². The molecule has 0 aliphatic carbocycles. The quantitative estimate of drug-likeness (QED) is 0.0679. The largest absolute Gasteiger partial charge is 0.462 e. The zero-order valence-corrected chi connectivity index (χ0v) is 25.3. The fourth-order valence-corrected chi connectivity index (χ4v) is 3.88. The molecule has 0 amide bonds. The number of ether oxygens (including phenoxy) is 2. The van der Waals surface area contributed by atoms with Crippen LogP contribution in [-0.4, -0.2) is 25.2 Å². The van der Waals surface area contributed by atoms with Crippen LogP contribution in [0.15, 0.2) is 24.3 Å². The molecule has 0 aliphatic rings. The standard InChI is InChI=1S/C22H42O2.C11H20O2/c1-4-5-6-7-8-9-10-11-12-13-14-15-16-17-18-19-20-24-22(23)21(2)3;1-4-6-7-8-9-13-11(12)10(3)5-2/h2,4-20H2,1,3H3;3-9H2,1-2H3. The summed E-state index contributed by atoms with van der Waals surface area (Å²) in [6.07, 6.45) is 26.9. The molecule has 0 atom stereocenters. The Hall–Kier alpha value is -1.58. The molecule has 218 valence electrons. The highest BCUT2D eigenvalue weighted by Gasteiger charge is 2.04. The number of rotatable bonds is 25. The van der Waals surface area contributed by atoms with E-state index in [0.717, 1.165) is 19.3 Å². The van der Waals surface area contributed by atoms with E-state index in [4.69, 9.17) is 9.47 Å². The summed E-state index contributed by atoms with van der Waals surface area (Å²) in [5.41, 5.74) is 1.06. The van der Waals surface area contributed by atoms with Crippen molar-refractivity contribution in [3.8, 4) is 0 Å². The van der Waals surface area contributed by atoms with Gasteiger partial charge in [0, 0.05) is 11.1 Å². The second-order valence-corrected chi connectivity index (χ2v) is 10.4. The third-order valence-electron chi connectivity index (χ3n) is 6.53. The summed E-state index contributed by atoms with van der Waals surface area (Å²) in [4.78, 5) is 22.3. The summed E-state index contributed by atoms with van der Waals surface area (Å²) < 4.78 is 10.1. The molecule has 0 unspecified atom stereocenters. The van der Waals surface area contributed by atoms with E-state index in [1.807, 2.05) is 6.92 Å². The topological polar surface area (TPSA) is 52.6 Å². The molecule has 0 spiro atoms. The van der Waals surface area contributed by atoms with Crippen LogP contribution in [0.4, 0.5) is 0 Å². The lowest BCUT2D eigenvalue weighted by Gasteiger charge is -2.05. The Kier molecular flexibility index (Phi) is 31.1. The van der Waals surface area contributed by atoms with Crippen LogP contribution in [0.25, 0.3) is 0 Å². The van der Waals surface area contributed by atoms with Crippen molar-refractivity contribution in [1.29, 1.82) is 0 Å². The number of carbonyl (C=O) groups is 2. The van der Waals surface area contributed by atoms with E-state index in [9.17, 15) is 9.59 Å². The highest BCUT2D eigenvalue weighted by Crippen LogP contribution is 2.13. The second-order valence-electron chi connectivity index (χ2n) is 10.4. The van der Waals surface area contributed by atoms with E-state index >= 15 is 0 Å². The van der Waals surface area contributed by atoms with Gasteiger partial charge in [-0.2, -0.15) is 0 Å². The molecule has 0 fully saturated rings. The van der Waals surface area contributed by atoms with Gasteiger partial charge in [-0.05, 0) is 26.2 Å². The molecule has 37 heavy (non-hydrogen) atoms. The molecular weight excluding hydrogens is 460 g/mol. The van der Waals surface area contributed by atoms with Crippen molar-refractivity contribution in [3.63, 3.8) is 0 Å². The van der Waals surface area contributed by atoms with Gasteiger partial charge in [-0.3, -0.25) is 0 Å². The Morgan fingerprint density at radius 2 is 0.784 bits per heavy atom. The van der Waals surface area contributed by atoms with Crippen molar-refractivity contribution in [1.82, 2.24) is 0 Å². The average molecular weight is 523 g/mol. The van der Waals surface area contributed by atoms with E-state index in [0.29, 0.717) is 30.8 Å². The molecule has 0 rings (SSSR count). The summed E-state index contributed by atoms with van der Waals surface area (Å²) in [5, 5.41) is 0. The highest BCUT2D eigenvalue weighted by atomic mass is 16.5. The first-order chi connectivity index (χ1) is 17.9. The lowest BCUT2D eigenvalue weighted by molar-refractivity contribution is -0.140. The Morgan fingerprint density at radius 3 is 1.11 bits per heavy atom. The summed E-state index contributed by atoms with van der Waals surface area (Å²) >= 11 is 0. The highest BCUT2D eigenvalue weighted by molar-refractivity contribution is 5.87. The summed E-state index contributed by atoms with van der Waals surface area (Å²) in [6.45, 7) is 16.3. The maximum absolute atomic E-state index is 11.2. The molecule has 0 aromatic rings. The van der Waals surface area contributed by atoms with Gasteiger partial charge in [0.1, 0.15) is 0 Å². The summed E-state index contributed by atoms with van der Waals surface area (Å²) in [7, 11) is 0. The number of carbonyl (C=O) groups excluding carboxylic acids is 2. The minimum Gasteiger partial charge on any atom is -0.462 e. The van der Waals surface area contributed by atoms with Gasteiger partial charge < -0.3 is 9.47 Å². The van der Waals surface area contributed by atoms with E-state index in [1.165, 1.54) is 109 Å². The zero-order valence-electron chi connectivity index (χ0n) is 25.3. The van der Waals surface area contributed by atoms with E-state index in [-0.39, 0.29) is 11.9 Å². The Bertz CT molecular complexity index is 553. The smallest absolute Gasteiger partial charge is 0.333 e. The Balaban J connectivity index is 0. The zero-order chi connectivity index (χ0) is 28.0. The Labute approximate surface area is 231 Å². The molecule has 0 N–H and O–H groups in total. The van der Waals surface area contributed by atoms with Gasteiger partial charge in [0.25, 0.3) is 0 Å². The van der Waals surface area contributed by atoms with E-state index in [1.54, 1.807) is 6.92 Å². The Morgan fingerprint density at radius 1 is 0.486 bits per heavy atom. The molecule has 0 radical (unpaired) electrons. The molecule has 0 aromatic carbocycles. The van der Waals surface area contributed by atoms with Gasteiger partial charge in [-0.15, -0.1) is 0 Å². The van der Waals surface area contributed by atoms with E-state index < -0.39 is 0 Å². The molecule has 0 bridgehead atoms. The van der Waals surface area contributed by atoms with Gasteiger partial charge in [0.15, 0.2) is 0 Å². The monoisotopic (exact) mass is 522 g/mol. The minimum absolute atomic E-state index is 0.237. The second kappa shape index (κ2) is 30.6. The number of esters is 2. The minimum atomic E-state index is -0.254. The van der Waals surface area contributed by atoms with Gasteiger partial charge >= 0.3 is 11.9 Å². The molecule has 0 saturated heterocycles. The van der Waals surface area contributed by atoms with Gasteiger partial charge in [0.2, 0.25) is 0 Å². The molecular formula is C33H62O4. The van der Waals surface area contributed by atoms with Gasteiger partial charge in [-0.1, -0.05) is 150 Å². The SMILES string of the molecule is C=C(C)C(=O)OCCCCCCCCCCCCCCCCCC.C=C(CC)C(=O)OCCCCCC. The first-order valence-corrected chi connectivity index (χ1v) is 15.6.